The zero-order valence-corrected chi connectivity index (χ0v) is 18.7. The average Bonchev–Trinajstić information content (AvgIpc) is 3.09. The lowest BCUT2D eigenvalue weighted by Crippen LogP contribution is -2.47. The molecule has 3 amide bonds. The number of nitriles is 1. The van der Waals surface area contributed by atoms with E-state index in [1.165, 1.54) is 11.8 Å². The molecule has 1 saturated heterocycles. The monoisotopic (exact) mass is 443 g/mol. The van der Waals surface area contributed by atoms with Crippen LogP contribution >= 0.6 is 0 Å². The summed E-state index contributed by atoms with van der Waals surface area (Å²) in [5, 5.41) is 11.8. The highest BCUT2D eigenvalue weighted by atomic mass is 16.2. The molecule has 0 aliphatic carbocycles. The summed E-state index contributed by atoms with van der Waals surface area (Å²) in [6.45, 7) is 7.40. The average molecular weight is 444 g/mol. The fourth-order valence-electron chi connectivity index (χ4n) is 4.20. The Balaban J connectivity index is 1.74. The first-order valence-corrected chi connectivity index (χ1v) is 10.9. The second-order valence-electron chi connectivity index (χ2n) is 8.01. The third-order valence-electron chi connectivity index (χ3n) is 5.94. The van der Waals surface area contributed by atoms with E-state index >= 15 is 0 Å². The molecule has 2 aromatic rings. The van der Waals surface area contributed by atoms with Gasteiger partial charge in [-0.3, -0.25) is 14.4 Å². The fourth-order valence-corrected chi connectivity index (χ4v) is 4.20. The van der Waals surface area contributed by atoms with Gasteiger partial charge in [-0.25, -0.2) is 4.90 Å². The molecule has 1 fully saturated rings. The molecule has 2 heterocycles. The van der Waals surface area contributed by atoms with E-state index in [0.717, 1.165) is 19.6 Å². The van der Waals surface area contributed by atoms with Gasteiger partial charge in [0.25, 0.3) is 11.8 Å². The molecule has 0 radical (unpaired) electrons. The number of likely N-dealkylation sites (N-methyl/N-ethyl adjacent to an activating group) is 1. The van der Waals surface area contributed by atoms with Crippen molar-refractivity contribution in [3.8, 4) is 6.07 Å². The maximum atomic E-state index is 13.6. The van der Waals surface area contributed by atoms with Crippen LogP contribution in [0.4, 0.5) is 11.4 Å². The summed E-state index contributed by atoms with van der Waals surface area (Å²) in [7, 11) is 0. The van der Waals surface area contributed by atoms with Crippen LogP contribution in [0.3, 0.4) is 0 Å². The summed E-state index contributed by atoms with van der Waals surface area (Å²) < 4.78 is 0. The van der Waals surface area contributed by atoms with Crippen LogP contribution < -0.4 is 10.2 Å². The predicted octanol–water partition coefficient (Wildman–Crippen LogP) is 2.44. The minimum Gasteiger partial charge on any atom is -0.364 e. The number of imide groups is 1. The van der Waals surface area contributed by atoms with Gasteiger partial charge in [-0.05, 0) is 48.5 Å². The Morgan fingerprint density at radius 2 is 1.61 bits per heavy atom. The normalized spacial score (nSPS) is 16.9. The quantitative estimate of drug-likeness (QED) is 0.713. The SMILES string of the molecule is CCN1CCN(C2=C(c3ccc(NC(C)=O)cc3)C(=O)N(c3ccc(C#N)cc3)C2=O)CC1. The van der Waals surface area contributed by atoms with Gasteiger partial charge in [0.15, 0.2) is 0 Å². The van der Waals surface area contributed by atoms with Crippen LogP contribution in [0.25, 0.3) is 5.57 Å². The lowest BCUT2D eigenvalue weighted by molar-refractivity contribution is -0.121. The minimum absolute atomic E-state index is 0.185. The molecule has 0 unspecified atom stereocenters. The third-order valence-corrected chi connectivity index (χ3v) is 5.94. The molecule has 4 rings (SSSR count). The number of carbonyl (C=O) groups excluding carboxylic acids is 3. The molecule has 168 valence electrons. The summed E-state index contributed by atoms with van der Waals surface area (Å²) in [4.78, 5) is 44.0. The smallest absolute Gasteiger partial charge is 0.282 e. The fraction of sp³-hybridized carbons (Fsp3) is 0.280. The Bertz CT molecular complexity index is 1150. The number of anilines is 2. The van der Waals surface area contributed by atoms with E-state index in [1.54, 1.807) is 48.5 Å². The van der Waals surface area contributed by atoms with Crippen molar-refractivity contribution < 1.29 is 14.4 Å². The Labute approximate surface area is 192 Å². The van der Waals surface area contributed by atoms with Crippen molar-refractivity contribution in [2.45, 2.75) is 13.8 Å². The number of nitrogens with zero attached hydrogens (tertiary/aromatic N) is 4. The number of hydrogen-bond donors (Lipinski definition) is 1. The van der Waals surface area contributed by atoms with E-state index in [0.29, 0.717) is 46.9 Å². The van der Waals surface area contributed by atoms with Crippen molar-refractivity contribution in [3.63, 3.8) is 0 Å². The molecule has 2 aliphatic heterocycles. The number of benzene rings is 2. The highest BCUT2D eigenvalue weighted by Crippen LogP contribution is 2.35. The molecular weight excluding hydrogens is 418 g/mol. The molecular formula is C25H25N5O3. The van der Waals surface area contributed by atoms with Crippen molar-refractivity contribution in [2.75, 3.05) is 42.9 Å². The molecule has 0 atom stereocenters. The van der Waals surface area contributed by atoms with E-state index in [2.05, 4.69) is 17.1 Å². The van der Waals surface area contributed by atoms with Gasteiger partial charge in [0, 0.05) is 38.8 Å². The van der Waals surface area contributed by atoms with Crippen LogP contribution in [0.5, 0.6) is 0 Å². The number of carbonyl (C=O) groups is 3. The molecule has 0 spiro atoms. The Morgan fingerprint density at radius 1 is 0.970 bits per heavy atom. The van der Waals surface area contributed by atoms with E-state index in [9.17, 15) is 14.4 Å². The zero-order valence-electron chi connectivity index (χ0n) is 18.7. The van der Waals surface area contributed by atoms with Gasteiger partial charge >= 0.3 is 0 Å². The third kappa shape index (κ3) is 4.36. The molecule has 8 nitrogen and oxygen atoms in total. The number of hydrogen-bond acceptors (Lipinski definition) is 6. The number of rotatable bonds is 5. The molecule has 2 aliphatic rings. The lowest BCUT2D eigenvalue weighted by Gasteiger charge is -2.36. The minimum atomic E-state index is -0.398. The van der Waals surface area contributed by atoms with Gasteiger partial charge in [-0.15, -0.1) is 0 Å². The van der Waals surface area contributed by atoms with Gasteiger partial charge in [-0.2, -0.15) is 5.26 Å². The summed E-state index contributed by atoms with van der Waals surface area (Å²) in [5.41, 5.74) is 2.86. The standard InChI is InChI=1S/C25H25N5O3/c1-3-28-12-14-29(15-13-28)23-22(19-6-8-20(9-7-19)27-17(2)31)24(32)30(25(23)33)21-10-4-18(16-26)5-11-21/h4-11H,3,12-15H2,1-2H3,(H,27,31). The van der Waals surface area contributed by atoms with E-state index in [4.69, 9.17) is 5.26 Å². The first-order chi connectivity index (χ1) is 15.9. The molecule has 8 heteroatoms. The summed E-state index contributed by atoms with van der Waals surface area (Å²) in [5.74, 6) is -0.948. The summed E-state index contributed by atoms with van der Waals surface area (Å²) >= 11 is 0. The van der Waals surface area contributed by atoms with Crippen molar-refractivity contribution in [1.82, 2.24) is 9.80 Å². The Hall–Kier alpha value is -3.96. The number of piperazine rings is 1. The van der Waals surface area contributed by atoms with Crippen molar-refractivity contribution in [2.24, 2.45) is 0 Å². The topological polar surface area (TPSA) is 96.8 Å². The highest BCUT2D eigenvalue weighted by molar-refractivity contribution is 6.45. The first kappa shape index (κ1) is 22.2. The zero-order chi connectivity index (χ0) is 23.5. The van der Waals surface area contributed by atoms with Crippen LogP contribution in [-0.2, 0) is 14.4 Å². The molecule has 0 saturated carbocycles. The summed E-state index contributed by atoms with van der Waals surface area (Å²) in [6, 6.07) is 15.4. The summed E-state index contributed by atoms with van der Waals surface area (Å²) in [6.07, 6.45) is 0. The van der Waals surface area contributed by atoms with Crippen LogP contribution in [0, 0.1) is 11.3 Å². The number of amides is 3. The van der Waals surface area contributed by atoms with Crippen molar-refractivity contribution >= 4 is 34.7 Å². The first-order valence-electron chi connectivity index (χ1n) is 10.9. The maximum absolute atomic E-state index is 13.6. The maximum Gasteiger partial charge on any atom is 0.282 e. The van der Waals surface area contributed by atoms with Crippen LogP contribution in [0.15, 0.2) is 54.2 Å². The van der Waals surface area contributed by atoms with Crippen LogP contribution in [0.2, 0.25) is 0 Å². The van der Waals surface area contributed by atoms with Crippen LogP contribution in [-0.4, -0.2) is 60.2 Å². The van der Waals surface area contributed by atoms with Crippen molar-refractivity contribution in [1.29, 1.82) is 5.26 Å². The van der Waals surface area contributed by atoms with Crippen LogP contribution in [0.1, 0.15) is 25.0 Å². The van der Waals surface area contributed by atoms with E-state index < -0.39 is 5.91 Å². The molecule has 0 bridgehead atoms. The van der Waals surface area contributed by atoms with Gasteiger partial charge in [0.1, 0.15) is 5.70 Å². The second kappa shape index (κ2) is 9.27. The molecule has 1 N–H and O–H groups in total. The van der Waals surface area contributed by atoms with E-state index in [-0.39, 0.29) is 11.8 Å². The van der Waals surface area contributed by atoms with E-state index in [1.807, 2.05) is 11.0 Å². The van der Waals surface area contributed by atoms with Crippen molar-refractivity contribution in [3.05, 3.63) is 65.4 Å². The Morgan fingerprint density at radius 3 is 2.15 bits per heavy atom. The highest BCUT2D eigenvalue weighted by Gasteiger charge is 2.43. The van der Waals surface area contributed by atoms with Gasteiger partial charge in [0.2, 0.25) is 5.91 Å². The molecule has 2 aromatic carbocycles. The molecule has 33 heavy (non-hydrogen) atoms. The van der Waals surface area contributed by atoms with Gasteiger partial charge in [-0.1, -0.05) is 19.1 Å². The largest absolute Gasteiger partial charge is 0.364 e. The lowest BCUT2D eigenvalue weighted by atomic mass is 10.0. The molecule has 0 aromatic heterocycles. The second-order valence-corrected chi connectivity index (χ2v) is 8.01. The van der Waals surface area contributed by atoms with Gasteiger partial charge < -0.3 is 15.1 Å². The number of nitrogens with one attached hydrogen (secondary N) is 1. The predicted molar refractivity (Wildman–Crippen MR) is 125 cm³/mol. The van der Waals surface area contributed by atoms with Gasteiger partial charge in [0.05, 0.1) is 22.9 Å². The Kier molecular flexibility index (Phi) is 6.24.